The Kier molecular flexibility index (Phi) is 9.91. The van der Waals surface area contributed by atoms with Crippen molar-refractivity contribution < 1.29 is 9.47 Å². The summed E-state index contributed by atoms with van der Waals surface area (Å²) in [5, 5.41) is 7.79. The molecule has 6 aromatic carbocycles. The Morgan fingerprint density at radius 2 is 0.704 bits per heavy atom. The van der Waals surface area contributed by atoms with Crippen LogP contribution in [-0.2, 0) is 9.47 Å². The van der Waals surface area contributed by atoms with Gasteiger partial charge in [0.1, 0.15) is 36.7 Å². The van der Waals surface area contributed by atoms with E-state index in [4.69, 9.17) is 24.4 Å². The number of rotatable bonds is 10. The first-order chi connectivity index (χ1) is 26.8. The van der Waals surface area contributed by atoms with E-state index in [1.807, 2.05) is 18.2 Å². The third-order valence-corrected chi connectivity index (χ3v) is 14.7. The number of hydrogen-bond acceptors (Lipinski definition) is 5. The second kappa shape index (κ2) is 15.7. The first-order valence-electron chi connectivity index (χ1n) is 18.2. The predicted octanol–water partition coefficient (Wildman–Crippen LogP) is 7.63. The number of ether oxygens (including phenoxy) is 2. The molecule has 0 saturated carbocycles. The van der Waals surface area contributed by atoms with Crippen LogP contribution >= 0.6 is 15.8 Å². The minimum Gasteiger partial charge on any atom is -0.474 e. The van der Waals surface area contributed by atoms with Crippen LogP contribution < -0.4 is 31.8 Å². The van der Waals surface area contributed by atoms with Gasteiger partial charge in [0.15, 0.2) is 0 Å². The molecule has 0 unspecified atom stereocenters. The summed E-state index contributed by atoms with van der Waals surface area (Å²) in [5.41, 5.74) is 3.71. The number of aromatic nitrogens is 1. The SMILES string of the molecule is c1ccc(P(c2ccccc2)c2ccccc2[C@H]2COC(c3cccc(C4=N[C@@H](c5ccccc5P(c5ccccc5)c5ccccc5)CO4)n3)=N2)cc1. The van der Waals surface area contributed by atoms with E-state index < -0.39 is 15.8 Å². The van der Waals surface area contributed by atoms with E-state index in [1.165, 1.54) is 43.0 Å². The Morgan fingerprint density at radius 3 is 1.07 bits per heavy atom. The van der Waals surface area contributed by atoms with Crippen LogP contribution in [0, 0.1) is 0 Å². The third-order valence-electron chi connectivity index (χ3n) is 9.62. The van der Waals surface area contributed by atoms with Gasteiger partial charge in [0.05, 0.1) is 0 Å². The molecule has 7 aromatic rings. The molecule has 7 heteroatoms. The van der Waals surface area contributed by atoms with Gasteiger partial charge < -0.3 is 9.47 Å². The van der Waals surface area contributed by atoms with E-state index in [9.17, 15) is 0 Å². The zero-order chi connectivity index (χ0) is 36.1. The van der Waals surface area contributed by atoms with E-state index in [0.717, 1.165) is 0 Å². The van der Waals surface area contributed by atoms with E-state index in [-0.39, 0.29) is 12.1 Å². The van der Waals surface area contributed by atoms with Crippen molar-refractivity contribution in [3.63, 3.8) is 0 Å². The summed E-state index contributed by atoms with van der Waals surface area (Å²) in [7, 11) is -1.58. The minimum atomic E-state index is -0.791. The van der Waals surface area contributed by atoms with Crippen LogP contribution in [0.3, 0.4) is 0 Å². The van der Waals surface area contributed by atoms with Crippen molar-refractivity contribution in [1.29, 1.82) is 0 Å². The Morgan fingerprint density at radius 1 is 0.370 bits per heavy atom. The first kappa shape index (κ1) is 34.1. The van der Waals surface area contributed by atoms with Crippen molar-refractivity contribution in [3.8, 4) is 0 Å². The van der Waals surface area contributed by atoms with Crippen LogP contribution in [0.1, 0.15) is 34.6 Å². The first-order valence-corrected chi connectivity index (χ1v) is 20.9. The van der Waals surface area contributed by atoms with Gasteiger partial charge in [-0.15, -0.1) is 0 Å². The van der Waals surface area contributed by atoms with Crippen molar-refractivity contribution in [1.82, 2.24) is 4.98 Å². The molecule has 3 heterocycles. The lowest BCUT2D eigenvalue weighted by Gasteiger charge is -2.23. The molecule has 0 saturated heterocycles. The zero-order valence-corrected chi connectivity index (χ0v) is 31.3. The fourth-order valence-corrected chi connectivity index (χ4v) is 12.2. The molecule has 0 amide bonds. The third kappa shape index (κ3) is 7.01. The highest BCUT2D eigenvalue weighted by molar-refractivity contribution is 7.80. The van der Waals surface area contributed by atoms with E-state index >= 15 is 0 Å². The molecule has 1 aromatic heterocycles. The summed E-state index contributed by atoms with van der Waals surface area (Å²) >= 11 is 0. The lowest BCUT2D eigenvalue weighted by Crippen LogP contribution is -2.24. The Bertz CT molecular complexity index is 2180. The highest BCUT2D eigenvalue weighted by Gasteiger charge is 2.31. The summed E-state index contributed by atoms with van der Waals surface area (Å²) in [6.07, 6.45) is 0. The molecular weight excluding hydrogens is 700 g/mol. The van der Waals surface area contributed by atoms with Crippen LogP contribution in [0.4, 0.5) is 0 Å². The largest absolute Gasteiger partial charge is 0.474 e. The lowest BCUT2D eigenvalue weighted by molar-refractivity contribution is 0.317. The fraction of sp³-hybridized carbons (Fsp3) is 0.0851. The molecule has 2 atom stereocenters. The normalized spacial score (nSPS) is 16.5. The van der Waals surface area contributed by atoms with E-state index in [1.54, 1.807) is 0 Å². The van der Waals surface area contributed by atoms with Gasteiger partial charge >= 0.3 is 0 Å². The van der Waals surface area contributed by atoms with Crippen molar-refractivity contribution in [2.45, 2.75) is 12.1 Å². The number of nitrogens with zero attached hydrogens (tertiary/aromatic N) is 3. The molecule has 5 nitrogen and oxygen atoms in total. The number of pyridine rings is 1. The molecule has 0 spiro atoms. The standard InChI is InChI=1S/C47H37N3O2P2/c1-5-18-34(19-6-1)53(35-20-7-2-8-21-35)44-30-15-13-26-38(44)42-32-51-46(49-42)40-28-17-29-41(48-40)47-50-43(33-52-47)39-27-14-16-31-45(39)54(36-22-9-3-10-23-36)37-24-11-4-12-25-37/h1-31,42-43H,32-33H2/t42-,43-/m1/s1. The molecule has 2 aliphatic rings. The molecule has 0 fully saturated rings. The van der Waals surface area contributed by atoms with Crippen molar-refractivity contribution in [2.24, 2.45) is 9.98 Å². The molecule has 2 aliphatic heterocycles. The van der Waals surface area contributed by atoms with Crippen LogP contribution in [0.2, 0.25) is 0 Å². The monoisotopic (exact) mass is 737 g/mol. The Hall–Kier alpha value is -5.73. The summed E-state index contributed by atoms with van der Waals surface area (Å²) in [5.74, 6) is 1.08. The van der Waals surface area contributed by atoms with E-state index in [0.29, 0.717) is 36.4 Å². The van der Waals surface area contributed by atoms with Gasteiger partial charge in [0.25, 0.3) is 0 Å². The van der Waals surface area contributed by atoms with Crippen LogP contribution in [-0.4, -0.2) is 30.0 Å². The maximum atomic E-state index is 6.30. The summed E-state index contributed by atoms with van der Waals surface area (Å²) in [6, 6.07) is 66.0. The van der Waals surface area contributed by atoms with Gasteiger partial charge in [0, 0.05) is 0 Å². The van der Waals surface area contributed by atoms with E-state index in [2.05, 4.69) is 170 Å². The van der Waals surface area contributed by atoms with Gasteiger partial charge in [-0.1, -0.05) is 176 Å². The molecule has 0 aliphatic carbocycles. The number of aliphatic imine (C=N–C) groups is 2. The van der Waals surface area contributed by atoms with Crippen LogP contribution in [0.5, 0.6) is 0 Å². The fourth-order valence-electron chi connectivity index (χ4n) is 7.13. The number of benzene rings is 6. The maximum Gasteiger partial charge on any atom is 0.236 e. The van der Waals surface area contributed by atoms with Gasteiger partial charge in [0.2, 0.25) is 11.8 Å². The molecule has 54 heavy (non-hydrogen) atoms. The Balaban J connectivity index is 1.01. The predicted molar refractivity (Wildman–Crippen MR) is 225 cm³/mol. The van der Waals surface area contributed by atoms with Crippen molar-refractivity contribution >= 4 is 59.5 Å². The summed E-state index contributed by atoms with van der Waals surface area (Å²) < 4.78 is 12.6. The van der Waals surface area contributed by atoms with Crippen molar-refractivity contribution in [3.05, 3.63) is 211 Å². The number of hydrogen-bond donors (Lipinski definition) is 0. The zero-order valence-electron chi connectivity index (χ0n) is 29.5. The maximum absolute atomic E-state index is 6.30. The smallest absolute Gasteiger partial charge is 0.236 e. The van der Waals surface area contributed by atoms with Gasteiger partial charge in [-0.05, 0) is 70.9 Å². The molecule has 9 rings (SSSR count). The van der Waals surface area contributed by atoms with Gasteiger partial charge in [-0.25, -0.2) is 15.0 Å². The molecule has 262 valence electrons. The second-order valence-electron chi connectivity index (χ2n) is 13.1. The average Bonchev–Trinajstić information content (AvgIpc) is 3.95. The Labute approximate surface area is 318 Å². The summed E-state index contributed by atoms with van der Waals surface area (Å²) in [4.78, 5) is 15.3. The van der Waals surface area contributed by atoms with Crippen molar-refractivity contribution in [2.75, 3.05) is 13.2 Å². The molecule has 0 N–H and O–H groups in total. The topological polar surface area (TPSA) is 56.1 Å². The average molecular weight is 738 g/mol. The lowest BCUT2D eigenvalue weighted by atomic mass is 10.1. The highest BCUT2D eigenvalue weighted by atomic mass is 31.1. The highest BCUT2D eigenvalue weighted by Crippen LogP contribution is 2.39. The van der Waals surface area contributed by atoms with Crippen LogP contribution in [0.15, 0.2) is 198 Å². The molecule has 0 radical (unpaired) electrons. The molecular formula is C47H37N3O2P2. The van der Waals surface area contributed by atoms with Crippen LogP contribution in [0.25, 0.3) is 0 Å². The van der Waals surface area contributed by atoms with Gasteiger partial charge in [-0.2, -0.15) is 0 Å². The van der Waals surface area contributed by atoms with Gasteiger partial charge in [-0.3, -0.25) is 0 Å². The quantitative estimate of drug-likeness (QED) is 0.136. The minimum absolute atomic E-state index is 0.149. The second-order valence-corrected chi connectivity index (χ2v) is 17.4. The molecule has 0 bridgehead atoms. The summed E-state index contributed by atoms with van der Waals surface area (Å²) in [6.45, 7) is 0.903.